The number of aryl methyl sites for hydroxylation is 1. The largest absolute Gasteiger partial charge is 0.384 e. The molecule has 1 nitrogen and oxygen atoms in total. The van der Waals surface area contributed by atoms with E-state index in [-0.39, 0.29) is 5.41 Å². The average molecular weight is 236 g/mol. The number of benzene rings is 1. The Morgan fingerprint density at radius 3 is 2.38 bits per heavy atom. The first kappa shape index (κ1) is 12.0. The average Bonchev–Trinajstić information content (AvgIpc) is 2.23. The van der Waals surface area contributed by atoms with Gasteiger partial charge in [-0.2, -0.15) is 11.8 Å². The van der Waals surface area contributed by atoms with Crippen LogP contribution in [0, 0.1) is 12.3 Å². The van der Waals surface area contributed by atoms with E-state index in [0.717, 1.165) is 23.5 Å². The van der Waals surface area contributed by atoms with Crippen molar-refractivity contribution in [1.29, 1.82) is 0 Å². The highest BCUT2D eigenvalue weighted by atomic mass is 32.2. The van der Waals surface area contributed by atoms with Gasteiger partial charge in [-0.05, 0) is 30.1 Å². The Hall–Kier alpha value is -0.470. The molecule has 0 saturated carbocycles. The highest BCUT2D eigenvalue weighted by Crippen LogP contribution is 2.48. The maximum absolute atomic E-state index is 10.9. The third-order valence-corrected chi connectivity index (χ3v) is 4.95. The van der Waals surface area contributed by atoms with Gasteiger partial charge in [-0.1, -0.05) is 43.7 Å². The minimum atomic E-state index is -0.677. The van der Waals surface area contributed by atoms with Gasteiger partial charge in [0.1, 0.15) is 5.60 Å². The van der Waals surface area contributed by atoms with E-state index in [9.17, 15) is 5.11 Å². The summed E-state index contributed by atoms with van der Waals surface area (Å²) in [6, 6.07) is 8.32. The van der Waals surface area contributed by atoms with E-state index >= 15 is 0 Å². The standard InChI is InChI=1S/C14H20OS/c1-11-4-6-12(7-5-11)14(15)10-16-9-8-13(14,2)3/h4-7,15H,8-10H2,1-3H3. The smallest absolute Gasteiger partial charge is 0.104 e. The minimum absolute atomic E-state index is 0.0342. The molecule has 1 saturated heterocycles. The van der Waals surface area contributed by atoms with E-state index in [1.807, 2.05) is 11.8 Å². The van der Waals surface area contributed by atoms with E-state index in [4.69, 9.17) is 0 Å². The molecule has 1 atom stereocenters. The molecule has 1 unspecified atom stereocenters. The van der Waals surface area contributed by atoms with Crippen LogP contribution in [0.15, 0.2) is 24.3 Å². The van der Waals surface area contributed by atoms with Crippen molar-refractivity contribution in [3.8, 4) is 0 Å². The van der Waals surface area contributed by atoms with Gasteiger partial charge in [-0.3, -0.25) is 0 Å². The fraction of sp³-hybridized carbons (Fsp3) is 0.571. The Bertz CT molecular complexity index is 369. The lowest BCUT2D eigenvalue weighted by atomic mass is 9.70. The summed E-state index contributed by atoms with van der Waals surface area (Å²) in [6.07, 6.45) is 1.07. The number of aliphatic hydroxyl groups is 1. The van der Waals surface area contributed by atoms with E-state index < -0.39 is 5.60 Å². The second-order valence-corrected chi connectivity index (χ2v) is 6.52. The van der Waals surface area contributed by atoms with Gasteiger partial charge in [0.25, 0.3) is 0 Å². The van der Waals surface area contributed by atoms with Gasteiger partial charge in [0.15, 0.2) is 0 Å². The van der Waals surface area contributed by atoms with Crippen LogP contribution in [0.3, 0.4) is 0 Å². The Morgan fingerprint density at radius 2 is 1.81 bits per heavy atom. The molecular formula is C14H20OS. The first-order valence-electron chi connectivity index (χ1n) is 5.83. The first-order valence-corrected chi connectivity index (χ1v) is 6.98. The number of thioether (sulfide) groups is 1. The zero-order chi connectivity index (χ0) is 11.8. The van der Waals surface area contributed by atoms with Crippen LogP contribution in [0.25, 0.3) is 0 Å². The van der Waals surface area contributed by atoms with Crippen molar-refractivity contribution in [2.24, 2.45) is 5.41 Å². The lowest BCUT2D eigenvalue weighted by Crippen LogP contribution is -2.47. The van der Waals surface area contributed by atoms with Crippen molar-refractivity contribution in [3.05, 3.63) is 35.4 Å². The van der Waals surface area contributed by atoms with E-state index in [2.05, 4.69) is 45.0 Å². The van der Waals surface area contributed by atoms with Crippen LogP contribution in [0.2, 0.25) is 0 Å². The monoisotopic (exact) mass is 236 g/mol. The molecule has 16 heavy (non-hydrogen) atoms. The summed E-state index contributed by atoms with van der Waals surface area (Å²) in [5.41, 5.74) is 1.60. The summed E-state index contributed by atoms with van der Waals surface area (Å²) in [5, 5.41) is 10.9. The van der Waals surface area contributed by atoms with Crippen LogP contribution in [0.5, 0.6) is 0 Å². The molecule has 1 aliphatic heterocycles. The molecule has 1 aromatic carbocycles. The van der Waals surface area contributed by atoms with Crippen LogP contribution in [-0.4, -0.2) is 16.6 Å². The van der Waals surface area contributed by atoms with Gasteiger partial charge < -0.3 is 5.11 Å². The Morgan fingerprint density at radius 1 is 1.19 bits per heavy atom. The van der Waals surface area contributed by atoms with Crippen LogP contribution >= 0.6 is 11.8 Å². The molecule has 0 spiro atoms. The summed E-state index contributed by atoms with van der Waals surface area (Å²) in [4.78, 5) is 0. The highest BCUT2D eigenvalue weighted by Gasteiger charge is 2.46. The quantitative estimate of drug-likeness (QED) is 0.807. The normalized spacial score (nSPS) is 29.0. The van der Waals surface area contributed by atoms with Gasteiger partial charge in [0.05, 0.1) is 0 Å². The molecule has 0 aliphatic carbocycles. The van der Waals surface area contributed by atoms with Crippen molar-refractivity contribution >= 4 is 11.8 Å². The maximum Gasteiger partial charge on any atom is 0.104 e. The summed E-state index contributed by atoms with van der Waals surface area (Å²) in [5.74, 6) is 1.96. The molecule has 1 aliphatic rings. The Kier molecular flexibility index (Phi) is 3.06. The van der Waals surface area contributed by atoms with Crippen molar-refractivity contribution in [1.82, 2.24) is 0 Å². The second kappa shape index (κ2) is 4.08. The van der Waals surface area contributed by atoms with Crippen LogP contribution < -0.4 is 0 Å². The van der Waals surface area contributed by atoms with Crippen LogP contribution in [0.1, 0.15) is 31.4 Å². The lowest BCUT2D eigenvalue weighted by molar-refractivity contribution is -0.0578. The molecule has 1 aromatic rings. The van der Waals surface area contributed by atoms with Crippen molar-refractivity contribution in [2.45, 2.75) is 32.8 Å². The highest BCUT2D eigenvalue weighted by molar-refractivity contribution is 7.99. The zero-order valence-electron chi connectivity index (χ0n) is 10.3. The first-order chi connectivity index (χ1) is 7.46. The van der Waals surface area contributed by atoms with Gasteiger partial charge in [0, 0.05) is 5.75 Å². The molecule has 0 aromatic heterocycles. The van der Waals surface area contributed by atoms with Crippen LogP contribution in [-0.2, 0) is 5.60 Å². The summed E-state index contributed by atoms with van der Waals surface area (Å²) >= 11 is 1.85. The van der Waals surface area contributed by atoms with Crippen molar-refractivity contribution in [3.63, 3.8) is 0 Å². The fourth-order valence-corrected chi connectivity index (χ4v) is 3.90. The SMILES string of the molecule is Cc1ccc(C2(O)CSCCC2(C)C)cc1. The molecule has 1 N–H and O–H groups in total. The van der Waals surface area contributed by atoms with Crippen molar-refractivity contribution < 1.29 is 5.11 Å². The molecular weight excluding hydrogens is 216 g/mol. The zero-order valence-corrected chi connectivity index (χ0v) is 11.1. The number of hydrogen-bond donors (Lipinski definition) is 1. The predicted octanol–water partition coefficient (Wildman–Crippen LogP) is 3.35. The third-order valence-electron chi connectivity index (χ3n) is 3.83. The molecule has 0 radical (unpaired) electrons. The van der Waals surface area contributed by atoms with Crippen LogP contribution in [0.4, 0.5) is 0 Å². The molecule has 1 fully saturated rings. The molecule has 2 rings (SSSR count). The molecule has 0 bridgehead atoms. The second-order valence-electron chi connectivity index (χ2n) is 5.41. The summed E-state index contributed by atoms with van der Waals surface area (Å²) in [6.45, 7) is 6.42. The summed E-state index contributed by atoms with van der Waals surface area (Å²) in [7, 11) is 0. The molecule has 1 heterocycles. The van der Waals surface area contributed by atoms with Gasteiger partial charge in [-0.15, -0.1) is 0 Å². The molecule has 0 amide bonds. The maximum atomic E-state index is 10.9. The third kappa shape index (κ3) is 1.89. The number of hydrogen-bond acceptors (Lipinski definition) is 2. The van der Waals surface area contributed by atoms with Gasteiger partial charge >= 0.3 is 0 Å². The Labute approximate surface area is 102 Å². The minimum Gasteiger partial charge on any atom is -0.384 e. The van der Waals surface area contributed by atoms with Gasteiger partial charge in [-0.25, -0.2) is 0 Å². The topological polar surface area (TPSA) is 20.2 Å². The lowest BCUT2D eigenvalue weighted by Gasteiger charge is -2.46. The van der Waals surface area contributed by atoms with Gasteiger partial charge in [0.2, 0.25) is 0 Å². The fourth-order valence-electron chi connectivity index (χ4n) is 2.25. The van der Waals surface area contributed by atoms with E-state index in [1.54, 1.807) is 0 Å². The predicted molar refractivity (Wildman–Crippen MR) is 70.8 cm³/mol. The molecule has 2 heteroatoms. The van der Waals surface area contributed by atoms with Crippen molar-refractivity contribution in [2.75, 3.05) is 11.5 Å². The Balaban J connectivity index is 2.39. The van der Waals surface area contributed by atoms with E-state index in [1.165, 1.54) is 5.56 Å². The number of rotatable bonds is 1. The summed E-state index contributed by atoms with van der Waals surface area (Å²) < 4.78 is 0. The molecule has 88 valence electrons. The van der Waals surface area contributed by atoms with E-state index in [0.29, 0.717) is 0 Å².